The molecule has 1 aliphatic rings. The predicted octanol–water partition coefficient (Wildman–Crippen LogP) is 1.31. The third kappa shape index (κ3) is 3.19. The molecule has 116 valence electrons. The zero-order valence-corrected chi connectivity index (χ0v) is 13.4. The molecule has 8 heteroatoms. The first-order valence-corrected chi connectivity index (χ1v) is 7.48. The maximum atomic E-state index is 5.82. The Morgan fingerprint density at radius 2 is 1.59 bits per heavy atom. The summed E-state index contributed by atoms with van der Waals surface area (Å²) in [5.74, 6) is 2.59. The number of nitrogens with zero attached hydrogens (tertiary/aromatic N) is 7. The van der Waals surface area contributed by atoms with E-state index in [0.29, 0.717) is 5.02 Å². The van der Waals surface area contributed by atoms with Crippen molar-refractivity contribution in [3.63, 3.8) is 0 Å². The highest BCUT2D eigenvalue weighted by atomic mass is 35.5. The van der Waals surface area contributed by atoms with Crippen LogP contribution in [0.25, 0.3) is 0 Å². The van der Waals surface area contributed by atoms with Gasteiger partial charge in [-0.25, -0.2) is 19.9 Å². The van der Waals surface area contributed by atoms with Crippen LogP contribution in [-0.2, 0) is 0 Å². The van der Waals surface area contributed by atoms with Crippen LogP contribution in [0.1, 0.15) is 0 Å². The van der Waals surface area contributed by atoms with Crippen LogP contribution < -0.4 is 14.7 Å². The lowest BCUT2D eigenvalue weighted by Gasteiger charge is -2.35. The van der Waals surface area contributed by atoms with E-state index in [1.54, 1.807) is 18.7 Å². The molecule has 1 fully saturated rings. The number of anilines is 3. The maximum Gasteiger partial charge on any atom is 0.225 e. The topological polar surface area (TPSA) is 61.3 Å². The smallest absolute Gasteiger partial charge is 0.225 e. The third-order valence-corrected chi connectivity index (χ3v) is 3.78. The zero-order chi connectivity index (χ0) is 15.5. The lowest BCUT2D eigenvalue weighted by atomic mass is 10.3. The van der Waals surface area contributed by atoms with E-state index in [4.69, 9.17) is 11.6 Å². The van der Waals surface area contributed by atoms with Gasteiger partial charge in [0.2, 0.25) is 5.95 Å². The Kier molecular flexibility index (Phi) is 4.24. The van der Waals surface area contributed by atoms with Crippen LogP contribution in [0.4, 0.5) is 17.6 Å². The molecular formula is C14H18ClN7. The van der Waals surface area contributed by atoms with Gasteiger partial charge < -0.3 is 14.7 Å². The fourth-order valence-electron chi connectivity index (χ4n) is 2.36. The first-order chi connectivity index (χ1) is 10.6. The van der Waals surface area contributed by atoms with E-state index in [2.05, 4.69) is 29.7 Å². The van der Waals surface area contributed by atoms with Crippen molar-refractivity contribution in [1.29, 1.82) is 0 Å². The van der Waals surface area contributed by atoms with E-state index in [9.17, 15) is 0 Å². The average molecular weight is 320 g/mol. The summed E-state index contributed by atoms with van der Waals surface area (Å²) in [7, 11) is 3.95. The van der Waals surface area contributed by atoms with E-state index >= 15 is 0 Å². The van der Waals surface area contributed by atoms with Crippen LogP contribution in [0.5, 0.6) is 0 Å². The Labute approximate surface area is 134 Å². The summed E-state index contributed by atoms with van der Waals surface area (Å²) in [6.45, 7) is 3.44. The molecule has 2 aromatic heterocycles. The van der Waals surface area contributed by atoms with Gasteiger partial charge in [-0.15, -0.1) is 0 Å². The lowest BCUT2D eigenvalue weighted by molar-refractivity contribution is 0.634. The minimum atomic E-state index is 0.555. The molecule has 1 aliphatic heterocycles. The van der Waals surface area contributed by atoms with Gasteiger partial charge in [-0.2, -0.15) is 0 Å². The molecule has 0 aliphatic carbocycles. The Hall–Kier alpha value is -2.15. The van der Waals surface area contributed by atoms with Crippen LogP contribution >= 0.6 is 11.6 Å². The van der Waals surface area contributed by atoms with Crippen LogP contribution in [-0.4, -0.2) is 60.2 Å². The number of rotatable bonds is 3. The van der Waals surface area contributed by atoms with Crippen molar-refractivity contribution in [3.05, 3.63) is 29.8 Å². The highest BCUT2D eigenvalue weighted by Gasteiger charge is 2.20. The molecule has 0 aromatic carbocycles. The Morgan fingerprint density at radius 1 is 0.955 bits per heavy atom. The number of hydrogen-bond acceptors (Lipinski definition) is 7. The molecule has 2 aromatic rings. The summed E-state index contributed by atoms with van der Waals surface area (Å²) in [6, 6.07) is 2.01. The number of piperazine rings is 1. The normalized spacial score (nSPS) is 15.0. The molecule has 0 atom stereocenters. The summed E-state index contributed by atoms with van der Waals surface area (Å²) < 4.78 is 0. The lowest BCUT2D eigenvalue weighted by Crippen LogP contribution is -2.47. The molecular weight excluding hydrogens is 302 g/mol. The van der Waals surface area contributed by atoms with Crippen LogP contribution in [0, 0.1) is 0 Å². The second kappa shape index (κ2) is 6.31. The van der Waals surface area contributed by atoms with E-state index in [-0.39, 0.29) is 0 Å². The van der Waals surface area contributed by atoms with Crippen molar-refractivity contribution in [2.45, 2.75) is 0 Å². The van der Waals surface area contributed by atoms with E-state index in [1.807, 2.05) is 25.1 Å². The maximum absolute atomic E-state index is 5.82. The molecule has 22 heavy (non-hydrogen) atoms. The van der Waals surface area contributed by atoms with Crippen LogP contribution in [0.15, 0.2) is 24.8 Å². The van der Waals surface area contributed by atoms with Crippen LogP contribution in [0.3, 0.4) is 0 Å². The van der Waals surface area contributed by atoms with E-state index in [1.165, 1.54) is 0 Å². The second-order valence-corrected chi connectivity index (χ2v) is 5.74. The average Bonchev–Trinajstić information content (AvgIpc) is 2.56. The fourth-order valence-corrected chi connectivity index (χ4v) is 2.46. The van der Waals surface area contributed by atoms with Crippen LogP contribution in [0.2, 0.25) is 5.02 Å². The molecule has 0 unspecified atom stereocenters. The molecule has 7 nitrogen and oxygen atoms in total. The molecule has 3 heterocycles. The fraction of sp³-hybridized carbons (Fsp3) is 0.429. The quantitative estimate of drug-likeness (QED) is 0.845. The van der Waals surface area contributed by atoms with Gasteiger partial charge in [0.15, 0.2) is 0 Å². The van der Waals surface area contributed by atoms with Crippen molar-refractivity contribution < 1.29 is 0 Å². The first-order valence-electron chi connectivity index (χ1n) is 7.10. The molecule has 0 bridgehead atoms. The molecule has 0 spiro atoms. The molecule has 0 N–H and O–H groups in total. The minimum absolute atomic E-state index is 0.555. The van der Waals surface area contributed by atoms with Crippen molar-refractivity contribution in [2.24, 2.45) is 0 Å². The van der Waals surface area contributed by atoms with Gasteiger partial charge in [-0.3, -0.25) is 0 Å². The van der Waals surface area contributed by atoms with E-state index < -0.39 is 0 Å². The number of halogens is 1. The highest BCUT2D eigenvalue weighted by molar-refractivity contribution is 6.30. The van der Waals surface area contributed by atoms with Gasteiger partial charge in [0, 0.05) is 46.3 Å². The second-order valence-electron chi connectivity index (χ2n) is 5.30. The van der Waals surface area contributed by atoms with Crippen molar-refractivity contribution >= 4 is 29.2 Å². The van der Waals surface area contributed by atoms with Gasteiger partial charge in [-0.05, 0) is 0 Å². The van der Waals surface area contributed by atoms with Crippen molar-refractivity contribution in [2.75, 3.05) is 55.0 Å². The summed E-state index contributed by atoms with van der Waals surface area (Å²) in [5, 5.41) is 0.555. The number of hydrogen-bond donors (Lipinski definition) is 0. The molecule has 1 saturated heterocycles. The molecule has 0 saturated carbocycles. The van der Waals surface area contributed by atoms with E-state index in [0.717, 1.165) is 43.8 Å². The monoisotopic (exact) mass is 319 g/mol. The van der Waals surface area contributed by atoms with Gasteiger partial charge in [0.1, 0.15) is 18.0 Å². The van der Waals surface area contributed by atoms with Gasteiger partial charge in [0.05, 0.1) is 17.4 Å². The summed E-state index contributed by atoms with van der Waals surface area (Å²) in [5.41, 5.74) is 0. The molecule has 0 amide bonds. The summed E-state index contributed by atoms with van der Waals surface area (Å²) in [6.07, 6.45) is 4.87. The Balaban J connectivity index is 1.66. The molecule has 0 radical (unpaired) electrons. The largest absolute Gasteiger partial charge is 0.363 e. The first kappa shape index (κ1) is 14.8. The van der Waals surface area contributed by atoms with Gasteiger partial charge in [0.25, 0.3) is 0 Å². The standard InChI is InChI=1S/C14H18ClN7/c1-20(2)12-7-13(19-10-18-12)21-3-5-22(6-4-21)14-16-8-11(15)9-17-14/h7-10H,3-6H2,1-2H3. The number of aromatic nitrogens is 4. The summed E-state index contributed by atoms with van der Waals surface area (Å²) >= 11 is 5.82. The zero-order valence-electron chi connectivity index (χ0n) is 12.6. The minimum Gasteiger partial charge on any atom is -0.363 e. The van der Waals surface area contributed by atoms with Crippen molar-refractivity contribution in [1.82, 2.24) is 19.9 Å². The predicted molar refractivity (Wildman–Crippen MR) is 87.8 cm³/mol. The van der Waals surface area contributed by atoms with Crippen molar-refractivity contribution in [3.8, 4) is 0 Å². The van der Waals surface area contributed by atoms with Gasteiger partial charge in [-0.1, -0.05) is 11.6 Å². The Bertz CT molecular complexity index is 623. The summed E-state index contributed by atoms with van der Waals surface area (Å²) in [4.78, 5) is 23.5. The van der Waals surface area contributed by atoms with Gasteiger partial charge >= 0.3 is 0 Å². The Morgan fingerprint density at radius 3 is 2.23 bits per heavy atom. The third-order valence-electron chi connectivity index (χ3n) is 3.59. The molecule has 3 rings (SSSR count). The SMILES string of the molecule is CN(C)c1cc(N2CCN(c3ncc(Cl)cn3)CC2)ncn1. The highest BCUT2D eigenvalue weighted by Crippen LogP contribution is 2.19.